The van der Waals surface area contributed by atoms with Gasteiger partial charge >= 0.3 is 0 Å². The standard InChI is InChI=1S/C38H48Si/c1-36(2,3)26-17-19-29(21-26)39(10,11)35-32-22-27(37(4,5)6)18-20-30(32)34-31(25-15-13-12-14-16-25)23-28(24-33(34)35)38(7,8)9/h12-16,18-24,35H,17H2,1-11H3. The Balaban J connectivity index is 1.83. The van der Waals surface area contributed by atoms with Crippen LogP contribution in [0.3, 0.4) is 0 Å². The van der Waals surface area contributed by atoms with Crippen molar-refractivity contribution in [3.05, 3.63) is 106 Å². The molecule has 0 bridgehead atoms. The maximum Gasteiger partial charge on any atom is 0.0923 e. The second-order valence-corrected chi connectivity index (χ2v) is 20.2. The summed E-state index contributed by atoms with van der Waals surface area (Å²) < 4.78 is 0. The summed E-state index contributed by atoms with van der Waals surface area (Å²) in [5.41, 5.74) is 14.0. The van der Waals surface area contributed by atoms with Crippen molar-refractivity contribution in [2.45, 2.75) is 98.2 Å². The molecule has 0 radical (unpaired) electrons. The lowest BCUT2D eigenvalue weighted by Gasteiger charge is -2.34. The highest BCUT2D eigenvalue weighted by molar-refractivity contribution is 6.87. The summed E-state index contributed by atoms with van der Waals surface area (Å²) in [5, 5.41) is 1.62. The fourth-order valence-electron chi connectivity index (χ4n) is 6.58. The molecule has 0 fully saturated rings. The van der Waals surface area contributed by atoms with Crippen molar-refractivity contribution in [2.75, 3.05) is 0 Å². The van der Waals surface area contributed by atoms with E-state index in [1.165, 1.54) is 33.4 Å². The molecule has 0 aliphatic heterocycles. The quantitative estimate of drug-likeness (QED) is 0.294. The van der Waals surface area contributed by atoms with E-state index >= 15 is 0 Å². The summed E-state index contributed by atoms with van der Waals surface area (Å²) in [6.07, 6.45) is 6.26. The predicted molar refractivity (Wildman–Crippen MR) is 174 cm³/mol. The van der Waals surface area contributed by atoms with E-state index in [-0.39, 0.29) is 16.2 Å². The molecular formula is C38H48Si. The van der Waals surface area contributed by atoms with Crippen LogP contribution in [0.25, 0.3) is 22.3 Å². The fraction of sp³-hybridized carbons (Fsp3) is 0.421. The molecule has 1 unspecified atom stereocenters. The normalized spacial score (nSPS) is 17.6. The van der Waals surface area contributed by atoms with Gasteiger partial charge in [-0.15, -0.1) is 0 Å². The minimum absolute atomic E-state index is 0.0755. The lowest BCUT2D eigenvalue weighted by atomic mass is 9.82. The Kier molecular flexibility index (Phi) is 6.58. The molecule has 0 spiro atoms. The van der Waals surface area contributed by atoms with Gasteiger partial charge in [0, 0.05) is 5.54 Å². The summed E-state index contributed by atoms with van der Waals surface area (Å²) in [4.78, 5) is 0. The van der Waals surface area contributed by atoms with Gasteiger partial charge in [-0.2, -0.15) is 0 Å². The van der Waals surface area contributed by atoms with Crippen LogP contribution in [0.2, 0.25) is 13.1 Å². The Labute approximate surface area is 239 Å². The first-order chi connectivity index (χ1) is 18.0. The Bertz CT molecular complexity index is 1470. The predicted octanol–water partition coefficient (Wildman–Crippen LogP) is 11.2. The molecule has 0 N–H and O–H groups in total. The van der Waals surface area contributed by atoms with Crippen molar-refractivity contribution < 1.29 is 0 Å². The highest BCUT2D eigenvalue weighted by Crippen LogP contribution is 2.56. The van der Waals surface area contributed by atoms with Crippen molar-refractivity contribution in [1.29, 1.82) is 0 Å². The monoisotopic (exact) mass is 532 g/mol. The average Bonchev–Trinajstić information content (AvgIpc) is 3.47. The summed E-state index contributed by atoms with van der Waals surface area (Å²) in [5.74, 6) is 0. The third kappa shape index (κ3) is 4.93. The zero-order valence-electron chi connectivity index (χ0n) is 26.2. The summed E-state index contributed by atoms with van der Waals surface area (Å²) >= 11 is 0. The number of allylic oxidation sites excluding steroid dienone is 4. The zero-order chi connectivity index (χ0) is 28.5. The van der Waals surface area contributed by atoms with Crippen LogP contribution < -0.4 is 0 Å². The van der Waals surface area contributed by atoms with Crippen molar-refractivity contribution in [3.8, 4) is 22.3 Å². The van der Waals surface area contributed by atoms with Gasteiger partial charge in [0.1, 0.15) is 0 Å². The van der Waals surface area contributed by atoms with E-state index in [9.17, 15) is 0 Å². The van der Waals surface area contributed by atoms with Crippen molar-refractivity contribution in [1.82, 2.24) is 0 Å². The van der Waals surface area contributed by atoms with Crippen LogP contribution in [0.5, 0.6) is 0 Å². The minimum Gasteiger partial charge on any atom is -0.0811 e. The van der Waals surface area contributed by atoms with Gasteiger partial charge in [-0.25, -0.2) is 0 Å². The molecule has 3 aromatic carbocycles. The summed E-state index contributed by atoms with van der Waals surface area (Å²) in [6, 6.07) is 23.6. The molecular weight excluding hydrogens is 485 g/mol. The topological polar surface area (TPSA) is 0 Å². The first kappa shape index (κ1) is 27.9. The van der Waals surface area contributed by atoms with Crippen molar-refractivity contribution in [3.63, 3.8) is 0 Å². The van der Waals surface area contributed by atoms with Gasteiger partial charge in [0.05, 0.1) is 8.07 Å². The van der Waals surface area contributed by atoms with Crippen LogP contribution in [0.1, 0.15) is 96.5 Å². The lowest BCUT2D eigenvalue weighted by Crippen LogP contribution is -2.37. The van der Waals surface area contributed by atoms with Crippen LogP contribution in [-0.4, -0.2) is 8.07 Å². The fourth-order valence-corrected chi connectivity index (χ4v) is 10.1. The number of fused-ring (bicyclic) bond motifs is 3. The largest absolute Gasteiger partial charge is 0.0923 e. The Morgan fingerprint density at radius 1 is 0.641 bits per heavy atom. The van der Waals surface area contributed by atoms with Crippen molar-refractivity contribution in [2.24, 2.45) is 5.41 Å². The second kappa shape index (κ2) is 9.20. The van der Waals surface area contributed by atoms with Gasteiger partial charge in [-0.3, -0.25) is 0 Å². The molecule has 0 saturated heterocycles. The van der Waals surface area contributed by atoms with Crippen LogP contribution >= 0.6 is 0 Å². The molecule has 1 atom stereocenters. The van der Waals surface area contributed by atoms with Gasteiger partial charge in [-0.1, -0.05) is 153 Å². The highest BCUT2D eigenvalue weighted by atomic mass is 28.3. The van der Waals surface area contributed by atoms with E-state index in [4.69, 9.17) is 0 Å². The third-order valence-corrected chi connectivity index (χ3v) is 13.1. The molecule has 0 amide bonds. The van der Waals surface area contributed by atoms with Gasteiger partial charge in [0.15, 0.2) is 0 Å². The van der Waals surface area contributed by atoms with E-state index < -0.39 is 8.07 Å². The minimum atomic E-state index is -1.96. The summed E-state index contributed by atoms with van der Waals surface area (Å²) in [6.45, 7) is 26.5. The van der Waals surface area contributed by atoms with Gasteiger partial charge in [0.2, 0.25) is 0 Å². The Morgan fingerprint density at radius 3 is 1.82 bits per heavy atom. The molecule has 0 heterocycles. The number of rotatable bonds is 3. The molecule has 0 saturated carbocycles. The van der Waals surface area contributed by atoms with E-state index in [1.54, 1.807) is 21.9 Å². The van der Waals surface area contributed by atoms with Crippen LogP contribution in [0.15, 0.2) is 83.6 Å². The van der Waals surface area contributed by atoms with E-state index in [0.29, 0.717) is 5.54 Å². The van der Waals surface area contributed by atoms with Crippen LogP contribution in [-0.2, 0) is 10.8 Å². The van der Waals surface area contributed by atoms with Crippen LogP contribution in [0.4, 0.5) is 0 Å². The molecule has 2 aliphatic carbocycles. The van der Waals surface area contributed by atoms with E-state index in [2.05, 4.69) is 148 Å². The van der Waals surface area contributed by atoms with Gasteiger partial charge < -0.3 is 0 Å². The summed E-state index contributed by atoms with van der Waals surface area (Å²) in [7, 11) is -1.96. The van der Waals surface area contributed by atoms with Crippen LogP contribution in [0, 0.1) is 5.41 Å². The highest BCUT2D eigenvalue weighted by Gasteiger charge is 2.45. The third-order valence-electron chi connectivity index (χ3n) is 9.23. The van der Waals surface area contributed by atoms with Crippen molar-refractivity contribution >= 4 is 8.07 Å². The average molecular weight is 533 g/mol. The molecule has 5 rings (SSSR count). The zero-order valence-corrected chi connectivity index (χ0v) is 27.2. The molecule has 2 aliphatic rings. The molecule has 0 aromatic heterocycles. The maximum atomic E-state index is 2.63. The number of benzene rings is 3. The van der Waals surface area contributed by atoms with E-state index in [0.717, 1.165) is 6.42 Å². The molecule has 39 heavy (non-hydrogen) atoms. The molecule has 0 nitrogen and oxygen atoms in total. The first-order valence-corrected chi connectivity index (χ1v) is 17.9. The smallest absolute Gasteiger partial charge is 0.0811 e. The SMILES string of the molecule is CC(C)(C)C1=CC([Si](C)(C)C2c3cc(C(C)(C)C)ccc3-c3c(-c4ccccc4)cc(C(C)(C)C)cc32)=CC1. The second-order valence-electron chi connectivity index (χ2n) is 15.6. The van der Waals surface area contributed by atoms with Gasteiger partial charge in [0.25, 0.3) is 0 Å². The van der Waals surface area contributed by atoms with E-state index in [1.807, 2.05) is 0 Å². The molecule has 3 aromatic rings. The Morgan fingerprint density at radius 2 is 1.26 bits per heavy atom. The first-order valence-electron chi connectivity index (χ1n) is 14.8. The maximum absolute atomic E-state index is 2.63. The number of hydrogen-bond donors (Lipinski definition) is 0. The Hall–Kier alpha value is -2.64. The lowest BCUT2D eigenvalue weighted by molar-refractivity contribution is 0.496. The number of hydrogen-bond acceptors (Lipinski definition) is 0. The van der Waals surface area contributed by atoms with Gasteiger partial charge in [-0.05, 0) is 73.2 Å². The molecule has 1 heteroatoms. The molecule has 204 valence electrons.